The fourth-order valence-electron chi connectivity index (χ4n) is 7.13. The smallest absolute Gasteiger partial charge is 0.459 e. The maximum atomic E-state index is 14.5. The van der Waals surface area contributed by atoms with Crippen LogP contribution in [0.25, 0.3) is 0 Å². The number of hydrogen-bond donors (Lipinski definition) is 0. The Bertz CT molecular complexity index is 1300. The van der Waals surface area contributed by atoms with E-state index in [-0.39, 0.29) is 30.4 Å². The minimum atomic E-state index is -1.84. The van der Waals surface area contributed by atoms with Crippen LogP contribution in [0.3, 0.4) is 0 Å². The van der Waals surface area contributed by atoms with Gasteiger partial charge in [-0.1, -0.05) is 161 Å². The molecule has 0 spiro atoms. The number of carbonyl (C=O) groups excluding carboxylic acids is 3. The zero-order valence-corrected chi connectivity index (χ0v) is 38.2. The number of carbonyl (C=O) groups is 3. The molecule has 0 aromatic heterocycles. The van der Waals surface area contributed by atoms with Crippen molar-refractivity contribution in [2.24, 2.45) is 0 Å². The Morgan fingerprint density at radius 2 is 1.12 bits per heavy atom. The molecule has 0 bridgehead atoms. The van der Waals surface area contributed by atoms with E-state index in [4.69, 9.17) is 18.9 Å². The molecule has 0 aliphatic carbocycles. The molecule has 0 radical (unpaired) electrons. The first kappa shape index (κ1) is 54.3. The average molecular weight is 842 g/mol. The molecule has 0 saturated carbocycles. The minimum absolute atomic E-state index is 0.0448. The second-order valence-electron chi connectivity index (χ2n) is 16.4. The van der Waals surface area contributed by atoms with Gasteiger partial charge in [0.1, 0.15) is 18.5 Å². The van der Waals surface area contributed by atoms with Crippen LogP contribution in [-0.4, -0.2) is 41.3 Å². The summed E-state index contributed by atoms with van der Waals surface area (Å²) in [6.45, 7) is 8.17. The molecule has 0 aliphatic rings. The second-order valence-corrected chi connectivity index (χ2v) is 16.4. The molecule has 0 N–H and O–H groups in total. The standard InChI is InChI=1S/C50H83NO9/c1-5-9-13-17-19-20-21-22-23-24-25-26-27-29-33-37-47(52)60-50(42-34-30-28-18-14-10-6-2,43-57-49(54)59-46-40-38-44(39-41-46)51(55)56)48(53)58-45(35-31-15-11-7-3)36-32-16-12-8-4/h19-20,22-23,38-41,45H,5-18,21,24-37,42-43H2,1-4H3/b20-19-,23-22-. The number of nitrogens with zero attached hydrogens (tertiary/aromatic N) is 1. The number of hydrogen-bond acceptors (Lipinski definition) is 9. The molecule has 342 valence electrons. The van der Waals surface area contributed by atoms with E-state index in [0.29, 0.717) is 25.7 Å². The van der Waals surface area contributed by atoms with Gasteiger partial charge in [-0.15, -0.1) is 0 Å². The van der Waals surface area contributed by atoms with Gasteiger partial charge in [-0.2, -0.15) is 0 Å². The maximum absolute atomic E-state index is 14.5. The van der Waals surface area contributed by atoms with Crippen molar-refractivity contribution in [3.05, 3.63) is 58.7 Å². The first-order valence-corrected chi connectivity index (χ1v) is 24.0. The van der Waals surface area contributed by atoms with Gasteiger partial charge in [0.05, 0.1) is 4.92 Å². The second kappa shape index (κ2) is 37.1. The van der Waals surface area contributed by atoms with E-state index in [0.717, 1.165) is 128 Å². The van der Waals surface area contributed by atoms with Crippen LogP contribution in [0.5, 0.6) is 5.75 Å². The summed E-state index contributed by atoms with van der Waals surface area (Å²) in [4.78, 5) is 51.7. The van der Waals surface area contributed by atoms with Crippen LogP contribution in [0.1, 0.15) is 220 Å². The Labute approximate surface area is 364 Å². The van der Waals surface area contributed by atoms with E-state index >= 15 is 0 Å². The lowest BCUT2D eigenvalue weighted by Crippen LogP contribution is -2.50. The highest BCUT2D eigenvalue weighted by Gasteiger charge is 2.46. The molecule has 1 unspecified atom stereocenters. The van der Waals surface area contributed by atoms with E-state index in [9.17, 15) is 24.5 Å². The van der Waals surface area contributed by atoms with Gasteiger partial charge >= 0.3 is 18.1 Å². The number of esters is 2. The van der Waals surface area contributed by atoms with Crippen LogP contribution in [0.4, 0.5) is 10.5 Å². The number of non-ortho nitro benzene ring substituents is 1. The first-order valence-electron chi connectivity index (χ1n) is 24.0. The van der Waals surface area contributed by atoms with Crippen LogP contribution in [0.2, 0.25) is 0 Å². The van der Waals surface area contributed by atoms with Gasteiger partial charge in [0, 0.05) is 25.0 Å². The number of nitro groups is 1. The maximum Gasteiger partial charge on any atom is 0.514 e. The molecule has 1 aromatic carbocycles. The highest BCUT2D eigenvalue weighted by atomic mass is 16.7. The van der Waals surface area contributed by atoms with Crippen molar-refractivity contribution in [3.63, 3.8) is 0 Å². The highest BCUT2D eigenvalue weighted by Crippen LogP contribution is 2.28. The summed E-state index contributed by atoms with van der Waals surface area (Å²) in [6.07, 6.45) is 36.2. The molecule has 1 aromatic rings. The van der Waals surface area contributed by atoms with E-state index in [1.165, 1.54) is 49.9 Å². The summed E-state index contributed by atoms with van der Waals surface area (Å²) in [7, 11) is 0. The molecular weight excluding hydrogens is 759 g/mol. The Morgan fingerprint density at radius 1 is 0.633 bits per heavy atom. The summed E-state index contributed by atoms with van der Waals surface area (Å²) in [6, 6.07) is 5.04. The monoisotopic (exact) mass is 842 g/mol. The van der Waals surface area contributed by atoms with Crippen LogP contribution in [0.15, 0.2) is 48.6 Å². The lowest BCUT2D eigenvalue weighted by atomic mass is 9.95. The molecular formula is C50H83NO9. The molecule has 0 heterocycles. The van der Waals surface area contributed by atoms with Gasteiger partial charge in [0.2, 0.25) is 5.60 Å². The topological polar surface area (TPSA) is 131 Å². The number of benzene rings is 1. The number of ether oxygens (including phenoxy) is 4. The van der Waals surface area contributed by atoms with Gasteiger partial charge in [-0.3, -0.25) is 14.9 Å². The summed E-state index contributed by atoms with van der Waals surface area (Å²) in [5.74, 6) is -1.15. The van der Waals surface area contributed by atoms with Crippen molar-refractivity contribution in [2.45, 2.75) is 232 Å². The van der Waals surface area contributed by atoms with Gasteiger partial charge in [-0.25, -0.2) is 9.59 Å². The van der Waals surface area contributed by atoms with Gasteiger partial charge in [0.15, 0.2) is 0 Å². The van der Waals surface area contributed by atoms with Gasteiger partial charge in [-0.05, 0) is 82.8 Å². The summed E-state index contributed by atoms with van der Waals surface area (Å²) in [5.41, 5.74) is -1.99. The molecule has 0 saturated heterocycles. The fourth-order valence-corrected chi connectivity index (χ4v) is 7.13. The number of nitro benzene ring substituents is 1. The molecule has 10 nitrogen and oxygen atoms in total. The normalized spacial score (nSPS) is 12.6. The average Bonchev–Trinajstić information content (AvgIpc) is 3.24. The quantitative estimate of drug-likeness (QED) is 0.0121. The van der Waals surface area contributed by atoms with Gasteiger partial charge in [0.25, 0.3) is 5.69 Å². The SMILES string of the molecule is CCCCC/C=C\C/C=C\CCCCCCCC(=O)OC(CCCCCCCCC)(COC(=O)Oc1ccc([N+](=O)[O-])cc1)C(=O)OC(CCCCCC)CCCCCC. The largest absolute Gasteiger partial charge is 0.514 e. The predicted molar refractivity (Wildman–Crippen MR) is 243 cm³/mol. The zero-order chi connectivity index (χ0) is 43.9. The predicted octanol–water partition coefficient (Wildman–Crippen LogP) is 15.2. The van der Waals surface area contributed by atoms with E-state index < -0.39 is 35.2 Å². The Morgan fingerprint density at radius 3 is 1.68 bits per heavy atom. The molecule has 0 amide bonds. The summed E-state index contributed by atoms with van der Waals surface area (Å²) < 4.78 is 23.3. The zero-order valence-electron chi connectivity index (χ0n) is 38.2. The van der Waals surface area contributed by atoms with Crippen LogP contribution in [-0.2, 0) is 23.8 Å². The number of allylic oxidation sites excluding steroid dienone is 4. The number of unbranched alkanes of at least 4 members (excludes halogenated alkanes) is 20. The van der Waals surface area contributed by atoms with Crippen molar-refractivity contribution in [3.8, 4) is 5.75 Å². The Hall–Kier alpha value is -3.69. The third-order valence-corrected chi connectivity index (χ3v) is 10.9. The third kappa shape index (κ3) is 28.0. The molecule has 10 heteroatoms. The lowest BCUT2D eigenvalue weighted by molar-refractivity contribution is -0.384. The lowest BCUT2D eigenvalue weighted by Gasteiger charge is -2.32. The first-order chi connectivity index (χ1) is 29.2. The third-order valence-electron chi connectivity index (χ3n) is 10.9. The van der Waals surface area contributed by atoms with Crippen molar-refractivity contribution in [2.75, 3.05) is 6.61 Å². The highest BCUT2D eigenvalue weighted by molar-refractivity contribution is 5.84. The van der Waals surface area contributed by atoms with Crippen molar-refractivity contribution in [1.82, 2.24) is 0 Å². The molecule has 0 fully saturated rings. The van der Waals surface area contributed by atoms with Crippen LogP contribution in [0, 0.1) is 10.1 Å². The molecule has 1 atom stereocenters. The van der Waals surface area contributed by atoms with Crippen molar-refractivity contribution < 1.29 is 38.3 Å². The summed E-state index contributed by atoms with van der Waals surface area (Å²) >= 11 is 0. The minimum Gasteiger partial charge on any atom is -0.459 e. The van der Waals surface area contributed by atoms with Crippen LogP contribution < -0.4 is 4.74 Å². The van der Waals surface area contributed by atoms with Gasteiger partial charge < -0.3 is 18.9 Å². The Kier molecular flexibility index (Phi) is 33.6. The number of rotatable bonds is 39. The fraction of sp³-hybridized carbons (Fsp3) is 0.740. The van der Waals surface area contributed by atoms with Crippen molar-refractivity contribution in [1.29, 1.82) is 0 Å². The van der Waals surface area contributed by atoms with E-state index in [1.807, 2.05) is 0 Å². The summed E-state index contributed by atoms with van der Waals surface area (Å²) in [5, 5.41) is 11.1. The van der Waals surface area contributed by atoms with E-state index in [2.05, 4.69) is 52.0 Å². The van der Waals surface area contributed by atoms with Crippen molar-refractivity contribution >= 4 is 23.8 Å². The molecule has 1 rings (SSSR count). The Balaban J connectivity index is 3.08. The van der Waals surface area contributed by atoms with Crippen LogP contribution >= 0.6 is 0 Å². The van der Waals surface area contributed by atoms with E-state index in [1.54, 1.807) is 0 Å². The molecule has 0 aliphatic heterocycles. The molecule has 60 heavy (non-hydrogen) atoms.